The molecule has 0 spiro atoms. The summed E-state index contributed by atoms with van der Waals surface area (Å²) in [6.07, 6.45) is 2.00. The maximum Gasteiger partial charge on any atom is 0.114 e. The zero-order chi connectivity index (χ0) is 29.5. The summed E-state index contributed by atoms with van der Waals surface area (Å²) >= 11 is 0. The van der Waals surface area contributed by atoms with Gasteiger partial charge in [-0.1, -0.05) is 134 Å². The summed E-state index contributed by atoms with van der Waals surface area (Å²) in [5, 5.41) is 5.06. The number of imidazole rings is 1. The molecule has 7 aromatic carbocycles. The van der Waals surface area contributed by atoms with E-state index in [1.807, 2.05) is 0 Å². The highest BCUT2D eigenvalue weighted by atomic mass is 15.1. The van der Waals surface area contributed by atoms with Crippen molar-refractivity contribution in [3.05, 3.63) is 157 Å². The molecule has 0 radical (unpaired) electrons. The Morgan fingerprint density at radius 2 is 0.909 bits per heavy atom. The van der Waals surface area contributed by atoms with Crippen molar-refractivity contribution in [1.29, 1.82) is 0 Å². The number of aryl methyl sites for hydroxylation is 1. The van der Waals surface area contributed by atoms with E-state index in [1.165, 1.54) is 54.9 Å². The summed E-state index contributed by atoms with van der Waals surface area (Å²) in [6.45, 7) is 2.21. The Labute approximate surface area is 257 Å². The molecular formula is C42H32N2. The Morgan fingerprint density at radius 1 is 0.455 bits per heavy atom. The third kappa shape index (κ3) is 4.39. The third-order valence-corrected chi connectivity index (χ3v) is 8.73. The van der Waals surface area contributed by atoms with E-state index in [-0.39, 0.29) is 0 Å². The van der Waals surface area contributed by atoms with Gasteiger partial charge in [0.25, 0.3) is 0 Å². The molecule has 2 heteroatoms. The Bertz CT molecular complexity index is 2200. The number of fused-ring (bicyclic) bond motifs is 3. The van der Waals surface area contributed by atoms with Gasteiger partial charge in [0.05, 0.1) is 11.0 Å². The van der Waals surface area contributed by atoms with Gasteiger partial charge in [0.15, 0.2) is 0 Å². The number of rotatable bonds is 6. The van der Waals surface area contributed by atoms with Gasteiger partial charge in [0.1, 0.15) is 5.82 Å². The minimum Gasteiger partial charge on any atom is -0.296 e. The quantitative estimate of drug-likeness (QED) is 0.184. The van der Waals surface area contributed by atoms with Crippen LogP contribution in [-0.4, -0.2) is 9.55 Å². The number of hydrogen-bond donors (Lipinski definition) is 0. The van der Waals surface area contributed by atoms with E-state index in [0.717, 1.165) is 35.4 Å². The van der Waals surface area contributed by atoms with Crippen molar-refractivity contribution in [3.8, 4) is 39.1 Å². The largest absolute Gasteiger partial charge is 0.296 e. The van der Waals surface area contributed by atoms with Crippen LogP contribution in [0.5, 0.6) is 0 Å². The number of hydrogen-bond acceptors (Lipinski definition) is 1. The first-order chi connectivity index (χ1) is 21.8. The zero-order valence-electron chi connectivity index (χ0n) is 24.7. The average Bonchev–Trinajstić information content (AvgIpc) is 3.46. The molecule has 0 unspecified atom stereocenters. The second-order valence-electron chi connectivity index (χ2n) is 11.4. The van der Waals surface area contributed by atoms with Crippen LogP contribution in [0.1, 0.15) is 19.2 Å². The summed E-state index contributed by atoms with van der Waals surface area (Å²) in [5.41, 5.74) is 10.8. The van der Waals surface area contributed by atoms with E-state index >= 15 is 0 Å². The maximum atomic E-state index is 4.97. The van der Waals surface area contributed by atoms with Crippen LogP contribution in [0.3, 0.4) is 0 Å². The van der Waals surface area contributed by atoms with Gasteiger partial charge < -0.3 is 0 Å². The molecule has 0 bridgehead atoms. The lowest BCUT2D eigenvalue weighted by molar-refractivity contribution is 0.818. The fourth-order valence-corrected chi connectivity index (χ4v) is 6.74. The Balaban J connectivity index is 1.29. The molecule has 0 N–H and O–H groups in total. The molecule has 1 aromatic heterocycles. The van der Waals surface area contributed by atoms with Crippen LogP contribution < -0.4 is 0 Å². The van der Waals surface area contributed by atoms with E-state index in [2.05, 4.69) is 163 Å². The molecule has 44 heavy (non-hydrogen) atoms. The molecule has 0 amide bonds. The second kappa shape index (κ2) is 11.0. The molecule has 0 aliphatic carbocycles. The summed E-state index contributed by atoms with van der Waals surface area (Å²) in [6, 6.07) is 54.8. The highest BCUT2D eigenvalue weighted by Gasteiger charge is 2.17. The summed E-state index contributed by atoms with van der Waals surface area (Å²) in [4.78, 5) is 4.97. The lowest BCUT2D eigenvalue weighted by atomic mass is 9.85. The second-order valence-corrected chi connectivity index (χ2v) is 11.4. The fourth-order valence-electron chi connectivity index (χ4n) is 6.74. The molecule has 0 saturated carbocycles. The topological polar surface area (TPSA) is 17.8 Å². The minimum absolute atomic E-state index is 0.944. The van der Waals surface area contributed by atoms with Crippen molar-refractivity contribution in [3.63, 3.8) is 0 Å². The van der Waals surface area contributed by atoms with E-state index in [0.29, 0.717) is 0 Å². The third-order valence-electron chi connectivity index (χ3n) is 8.73. The summed E-state index contributed by atoms with van der Waals surface area (Å²) in [5.74, 6) is 1.11. The van der Waals surface area contributed by atoms with E-state index in [9.17, 15) is 0 Å². The van der Waals surface area contributed by atoms with Crippen LogP contribution in [0.4, 0.5) is 0 Å². The number of nitrogens with zero attached hydrogens (tertiary/aromatic N) is 2. The van der Waals surface area contributed by atoms with Crippen LogP contribution in [0.15, 0.2) is 152 Å². The van der Waals surface area contributed by atoms with Crippen molar-refractivity contribution < 1.29 is 0 Å². The molecule has 0 aliphatic heterocycles. The first kappa shape index (κ1) is 26.2. The lowest BCUT2D eigenvalue weighted by Crippen LogP contribution is -2.01. The van der Waals surface area contributed by atoms with Crippen molar-refractivity contribution in [2.24, 2.45) is 0 Å². The van der Waals surface area contributed by atoms with E-state index in [1.54, 1.807) is 0 Å². The Hall–Kier alpha value is -5.47. The summed E-state index contributed by atoms with van der Waals surface area (Å²) < 4.78 is 2.32. The van der Waals surface area contributed by atoms with Gasteiger partial charge in [0.2, 0.25) is 0 Å². The van der Waals surface area contributed by atoms with Gasteiger partial charge in [-0.05, 0) is 85.6 Å². The predicted octanol–water partition coefficient (Wildman–Crippen LogP) is 11.3. The molecule has 0 atom stereocenters. The van der Waals surface area contributed by atoms with Crippen molar-refractivity contribution >= 4 is 32.6 Å². The first-order valence-electron chi connectivity index (χ1n) is 15.5. The number of benzene rings is 7. The SMILES string of the molecule is CCCc1nc2ccccc2n1-c1ccc(-c2c3ccccc3c(-c3ccc(-c4ccccc4)cc3)c3ccccc23)cc1. The molecule has 0 fully saturated rings. The average molecular weight is 565 g/mol. The zero-order valence-corrected chi connectivity index (χ0v) is 24.7. The molecule has 2 nitrogen and oxygen atoms in total. The summed E-state index contributed by atoms with van der Waals surface area (Å²) in [7, 11) is 0. The van der Waals surface area contributed by atoms with Gasteiger partial charge in [0, 0.05) is 12.1 Å². The van der Waals surface area contributed by atoms with Crippen molar-refractivity contribution in [2.75, 3.05) is 0 Å². The Kier molecular flexibility index (Phi) is 6.53. The number of aromatic nitrogens is 2. The normalized spacial score (nSPS) is 11.5. The van der Waals surface area contributed by atoms with Crippen molar-refractivity contribution in [2.45, 2.75) is 19.8 Å². The minimum atomic E-state index is 0.944. The molecule has 8 rings (SSSR count). The monoisotopic (exact) mass is 564 g/mol. The predicted molar refractivity (Wildman–Crippen MR) is 186 cm³/mol. The maximum absolute atomic E-state index is 4.97. The number of para-hydroxylation sites is 2. The van der Waals surface area contributed by atoms with Gasteiger partial charge >= 0.3 is 0 Å². The van der Waals surface area contributed by atoms with Crippen LogP contribution >= 0.6 is 0 Å². The molecular weight excluding hydrogens is 532 g/mol. The van der Waals surface area contributed by atoms with E-state index < -0.39 is 0 Å². The van der Waals surface area contributed by atoms with Gasteiger partial charge in [-0.25, -0.2) is 4.98 Å². The van der Waals surface area contributed by atoms with Crippen LogP contribution in [-0.2, 0) is 6.42 Å². The molecule has 1 heterocycles. The van der Waals surface area contributed by atoms with Gasteiger partial charge in [-0.15, -0.1) is 0 Å². The van der Waals surface area contributed by atoms with E-state index in [4.69, 9.17) is 4.98 Å². The highest BCUT2D eigenvalue weighted by molar-refractivity contribution is 6.21. The molecule has 0 saturated heterocycles. The van der Waals surface area contributed by atoms with Crippen LogP contribution in [0, 0.1) is 0 Å². The van der Waals surface area contributed by atoms with Gasteiger partial charge in [-0.2, -0.15) is 0 Å². The smallest absolute Gasteiger partial charge is 0.114 e. The molecule has 0 aliphatic rings. The standard InChI is InChI=1S/C42H32N2/c1-2-12-40-43-38-19-10-11-20-39(38)44(40)33-27-25-32(26-28-33)42-36-17-8-6-15-34(36)41(35-16-7-9-18-37(35)42)31-23-21-30(22-24-31)29-13-4-3-5-14-29/h3-11,13-28H,2,12H2,1H3. The Morgan fingerprint density at radius 3 is 1.48 bits per heavy atom. The van der Waals surface area contributed by atoms with Crippen LogP contribution in [0.25, 0.3) is 71.6 Å². The van der Waals surface area contributed by atoms with Gasteiger partial charge in [-0.3, -0.25) is 4.57 Å². The van der Waals surface area contributed by atoms with Crippen molar-refractivity contribution in [1.82, 2.24) is 9.55 Å². The molecule has 8 aromatic rings. The molecule has 210 valence electrons. The lowest BCUT2D eigenvalue weighted by Gasteiger charge is -2.18. The fraction of sp³-hybridized carbons (Fsp3) is 0.0714. The first-order valence-corrected chi connectivity index (χ1v) is 15.5. The highest BCUT2D eigenvalue weighted by Crippen LogP contribution is 2.44. The van der Waals surface area contributed by atoms with Crippen LogP contribution in [0.2, 0.25) is 0 Å².